The van der Waals surface area contributed by atoms with E-state index in [9.17, 15) is 5.21 Å². The van der Waals surface area contributed by atoms with Crippen LogP contribution in [0.2, 0.25) is 10.0 Å². The van der Waals surface area contributed by atoms with Crippen LogP contribution in [0.1, 0.15) is 23.5 Å². The van der Waals surface area contributed by atoms with Crippen molar-refractivity contribution in [3.63, 3.8) is 0 Å². The first kappa shape index (κ1) is 14.9. The van der Waals surface area contributed by atoms with E-state index in [0.717, 1.165) is 22.0 Å². The smallest absolute Gasteiger partial charge is 0.0904 e. The van der Waals surface area contributed by atoms with Crippen molar-refractivity contribution >= 4 is 44.8 Å². The lowest BCUT2D eigenvalue weighted by Crippen LogP contribution is -2.05. The molecule has 2 aromatic rings. The van der Waals surface area contributed by atoms with E-state index in [2.05, 4.69) is 21.1 Å². The first-order valence-corrected chi connectivity index (χ1v) is 8.08. The van der Waals surface area contributed by atoms with E-state index in [0.29, 0.717) is 15.8 Å². The van der Waals surface area contributed by atoms with Gasteiger partial charge in [-0.15, -0.1) is 0 Å². The Morgan fingerprint density at radius 2 is 1.86 bits per heavy atom. The lowest BCUT2D eigenvalue weighted by molar-refractivity contribution is 0.317. The Morgan fingerprint density at radius 3 is 2.48 bits per heavy atom. The summed E-state index contributed by atoms with van der Waals surface area (Å²) in [4.78, 5) is 0. The van der Waals surface area contributed by atoms with Gasteiger partial charge in [0, 0.05) is 20.4 Å². The molecule has 2 atom stereocenters. The number of rotatable bonds is 3. The largest absolute Gasteiger partial charge is 0.411 e. The molecule has 0 radical (unpaired) electrons. The number of benzene rings is 2. The zero-order valence-electron chi connectivity index (χ0n) is 10.9. The highest BCUT2D eigenvalue weighted by Crippen LogP contribution is 2.51. The maximum atomic E-state index is 9.36. The van der Waals surface area contributed by atoms with Crippen LogP contribution in [0.25, 0.3) is 0 Å². The highest BCUT2D eigenvalue weighted by molar-refractivity contribution is 9.10. The second-order valence-corrected chi connectivity index (χ2v) is 6.87. The van der Waals surface area contributed by atoms with Crippen molar-refractivity contribution in [1.82, 2.24) is 0 Å². The SMILES string of the molecule is O/N=C(/c1ccc(Br)cc1)[C@@H]1C[C@@H]1c1ccc(Cl)cc1Cl. The van der Waals surface area contributed by atoms with Crippen molar-refractivity contribution in [2.24, 2.45) is 11.1 Å². The molecule has 0 bridgehead atoms. The number of oxime groups is 1. The van der Waals surface area contributed by atoms with Gasteiger partial charge in [-0.3, -0.25) is 0 Å². The molecule has 3 rings (SSSR count). The summed E-state index contributed by atoms with van der Waals surface area (Å²) < 4.78 is 0.997. The molecule has 0 spiro atoms. The van der Waals surface area contributed by atoms with Gasteiger partial charge in [0.25, 0.3) is 0 Å². The van der Waals surface area contributed by atoms with Gasteiger partial charge in [-0.2, -0.15) is 0 Å². The van der Waals surface area contributed by atoms with E-state index in [1.54, 1.807) is 6.07 Å². The minimum atomic E-state index is 0.190. The lowest BCUT2D eigenvalue weighted by atomic mass is 10.0. The van der Waals surface area contributed by atoms with Crippen LogP contribution in [0.5, 0.6) is 0 Å². The molecule has 108 valence electrons. The molecular weight excluding hydrogens is 373 g/mol. The molecule has 1 fully saturated rings. The first-order chi connectivity index (χ1) is 10.1. The van der Waals surface area contributed by atoms with Gasteiger partial charge in [-0.1, -0.05) is 62.5 Å². The quantitative estimate of drug-likeness (QED) is 0.408. The summed E-state index contributed by atoms with van der Waals surface area (Å²) in [6.07, 6.45) is 0.927. The highest BCUT2D eigenvalue weighted by Gasteiger charge is 2.43. The predicted molar refractivity (Wildman–Crippen MR) is 89.8 cm³/mol. The number of hydrogen-bond acceptors (Lipinski definition) is 2. The Kier molecular flexibility index (Phi) is 4.25. The van der Waals surface area contributed by atoms with Gasteiger partial charge < -0.3 is 5.21 Å². The molecule has 0 heterocycles. The Labute approximate surface area is 141 Å². The van der Waals surface area contributed by atoms with Gasteiger partial charge in [0.05, 0.1) is 5.71 Å². The molecule has 1 N–H and O–H groups in total. The minimum absolute atomic E-state index is 0.190. The molecule has 0 amide bonds. The Morgan fingerprint density at radius 1 is 1.14 bits per heavy atom. The Balaban J connectivity index is 1.84. The average Bonchev–Trinajstić information content (AvgIpc) is 3.22. The number of halogens is 3. The molecule has 0 aliphatic heterocycles. The van der Waals surface area contributed by atoms with E-state index in [1.165, 1.54) is 0 Å². The fourth-order valence-corrected chi connectivity index (χ4v) is 3.42. The molecule has 2 aromatic carbocycles. The fraction of sp³-hybridized carbons (Fsp3) is 0.188. The van der Waals surface area contributed by atoms with Crippen molar-refractivity contribution in [2.75, 3.05) is 0 Å². The van der Waals surface area contributed by atoms with Gasteiger partial charge in [0.1, 0.15) is 0 Å². The molecule has 0 aromatic heterocycles. The van der Waals surface area contributed by atoms with Crippen LogP contribution in [0.3, 0.4) is 0 Å². The molecule has 0 saturated heterocycles. The molecular formula is C16H12BrCl2NO. The Hall–Kier alpha value is -1.03. The van der Waals surface area contributed by atoms with Gasteiger partial charge in [-0.25, -0.2) is 0 Å². The van der Waals surface area contributed by atoms with E-state index >= 15 is 0 Å². The number of hydrogen-bond donors (Lipinski definition) is 1. The van der Waals surface area contributed by atoms with Crippen molar-refractivity contribution in [3.8, 4) is 0 Å². The fourth-order valence-electron chi connectivity index (χ4n) is 2.61. The van der Waals surface area contributed by atoms with Crippen molar-refractivity contribution in [1.29, 1.82) is 0 Å². The summed E-state index contributed by atoms with van der Waals surface area (Å²) >= 11 is 15.6. The number of nitrogens with zero attached hydrogens (tertiary/aromatic N) is 1. The molecule has 1 aliphatic rings. The Bertz CT molecular complexity index is 700. The summed E-state index contributed by atoms with van der Waals surface area (Å²) in [6.45, 7) is 0. The topological polar surface area (TPSA) is 32.6 Å². The van der Waals surface area contributed by atoms with Gasteiger partial charge >= 0.3 is 0 Å². The molecule has 21 heavy (non-hydrogen) atoms. The third-order valence-electron chi connectivity index (χ3n) is 3.75. The van der Waals surface area contributed by atoms with Crippen LogP contribution < -0.4 is 0 Å². The van der Waals surface area contributed by atoms with E-state index < -0.39 is 0 Å². The standard InChI is InChI=1S/C16H12BrCl2NO/c17-10-3-1-9(2-4-10)16(20-21)14-8-13(14)12-6-5-11(18)7-15(12)19/h1-7,13-14,21H,8H2/b20-16-/t13-,14-/m1/s1. The molecule has 5 heteroatoms. The van der Waals surface area contributed by atoms with E-state index in [-0.39, 0.29) is 11.8 Å². The molecule has 2 nitrogen and oxygen atoms in total. The molecule has 1 saturated carbocycles. The van der Waals surface area contributed by atoms with Gasteiger partial charge in [-0.05, 0) is 47.7 Å². The van der Waals surface area contributed by atoms with Crippen LogP contribution in [-0.4, -0.2) is 10.9 Å². The maximum absolute atomic E-state index is 9.36. The minimum Gasteiger partial charge on any atom is -0.411 e. The zero-order valence-corrected chi connectivity index (χ0v) is 14.0. The maximum Gasteiger partial charge on any atom is 0.0904 e. The third-order valence-corrected chi connectivity index (χ3v) is 4.84. The summed E-state index contributed by atoms with van der Waals surface area (Å²) in [6, 6.07) is 13.3. The van der Waals surface area contributed by atoms with Crippen molar-refractivity contribution in [3.05, 3.63) is 68.1 Å². The van der Waals surface area contributed by atoms with E-state index in [1.807, 2.05) is 36.4 Å². The second kappa shape index (κ2) is 5.99. The van der Waals surface area contributed by atoms with Crippen LogP contribution in [0.4, 0.5) is 0 Å². The van der Waals surface area contributed by atoms with Crippen LogP contribution in [-0.2, 0) is 0 Å². The molecule has 0 unspecified atom stereocenters. The van der Waals surface area contributed by atoms with Gasteiger partial charge in [0.2, 0.25) is 0 Å². The van der Waals surface area contributed by atoms with Crippen LogP contribution in [0.15, 0.2) is 52.1 Å². The summed E-state index contributed by atoms with van der Waals surface area (Å²) in [7, 11) is 0. The zero-order chi connectivity index (χ0) is 15.0. The average molecular weight is 385 g/mol. The van der Waals surface area contributed by atoms with E-state index in [4.69, 9.17) is 23.2 Å². The molecule has 1 aliphatic carbocycles. The van der Waals surface area contributed by atoms with Crippen LogP contribution >= 0.6 is 39.1 Å². The van der Waals surface area contributed by atoms with Gasteiger partial charge in [0.15, 0.2) is 0 Å². The second-order valence-electron chi connectivity index (χ2n) is 5.11. The van der Waals surface area contributed by atoms with Crippen molar-refractivity contribution in [2.45, 2.75) is 12.3 Å². The third kappa shape index (κ3) is 3.10. The normalized spacial score (nSPS) is 21.4. The van der Waals surface area contributed by atoms with Crippen LogP contribution in [0, 0.1) is 5.92 Å². The predicted octanol–water partition coefficient (Wildman–Crippen LogP) is 5.74. The first-order valence-electron chi connectivity index (χ1n) is 6.53. The summed E-state index contributed by atoms with van der Waals surface area (Å²) in [5.41, 5.74) is 2.70. The summed E-state index contributed by atoms with van der Waals surface area (Å²) in [5.74, 6) is 0.471. The van der Waals surface area contributed by atoms with Crippen molar-refractivity contribution < 1.29 is 5.21 Å². The lowest BCUT2D eigenvalue weighted by Gasteiger charge is -2.06. The summed E-state index contributed by atoms with van der Waals surface area (Å²) in [5, 5.41) is 14.2. The highest BCUT2D eigenvalue weighted by atomic mass is 79.9. The monoisotopic (exact) mass is 383 g/mol.